The highest BCUT2D eigenvalue weighted by molar-refractivity contribution is 6.30. The molecular weight excluding hydrogens is 300 g/mol. The molecule has 0 N–H and O–H groups in total. The Bertz CT molecular complexity index is 618. The lowest BCUT2D eigenvalue weighted by Gasteiger charge is -2.34. The fourth-order valence-electron chi connectivity index (χ4n) is 2.92. The molecule has 0 saturated carbocycles. The molecule has 3 rings (SSSR count). The first kappa shape index (κ1) is 15.5. The van der Waals surface area contributed by atoms with E-state index in [1.807, 2.05) is 12.1 Å². The van der Waals surface area contributed by atoms with Crippen LogP contribution in [0.5, 0.6) is 0 Å². The van der Waals surface area contributed by atoms with Crippen molar-refractivity contribution in [1.82, 2.24) is 10.2 Å². The average Bonchev–Trinajstić information content (AvgIpc) is 3.06. The van der Waals surface area contributed by atoms with Gasteiger partial charge in [0.05, 0.1) is 5.41 Å². The van der Waals surface area contributed by atoms with Gasteiger partial charge in [0.2, 0.25) is 11.8 Å². The van der Waals surface area contributed by atoms with Crippen LogP contribution in [-0.4, -0.2) is 23.4 Å². The van der Waals surface area contributed by atoms with E-state index in [0.29, 0.717) is 19.1 Å². The van der Waals surface area contributed by atoms with Crippen molar-refractivity contribution in [2.45, 2.75) is 44.4 Å². The van der Waals surface area contributed by atoms with Crippen molar-refractivity contribution < 1.29 is 9.15 Å². The van der Waals surface area contributed by atoms with Gasteiger partial charge in [0.1, 0.15) is 0 Å². The van der Waals surface area contributed by atoms with Crippen molar-refractivity contribution in [2.24, 2.45) is 0 Å². The second-order valence-electron chi connectivity index (χ2n) is 5.96. The first-order valence-electron chi connectivity index (χ1n) is 7.83. The Kier molecular flexibility index (Phi) is 4.50. The zero-order chi connectivity index (χ0) is 15.6. The zero-order valence-electron chi connectivity index (χ0n) is 13.0. The lowest BCUT2D eigenvalue weighted by atomic mass is 9.74. The Labute approximate surface area is 135 Å². The van der Waals surface area contributed by atoms with Gasteiger partial charge < -0.3 is 9.15 Å². The van der Waals surface area contributed by atoms with Gasteiger partial charge in [-0.25, -0.2) is 0 Å². The number of ether oxygens (including phenoxy) is 1. The molecule has 2 aromatic rings. The Hall–Kier alpha value is -1.39. The van der Waals surface area contributed by atoms with Gasteiger partial charge in [-0.05, 0) is 37.0 Å². The van der Waals surface area contributed by atoms with Gasteiger partial charge in [0, 0.05) is 24.2 Å². The molecule has 1 aromatic carbocycles. The van der Waals surface area contributed by atoms with Crippen molar-refractivity contribution in [2.75, 3.05) is 13.2 Å². The van der Waals surface area contributed by atoms with Crippen molar-refractivity contribution in [1.29, 1.82) is 0 Å². The molecule has 1 aliphatic heterocycles. The summed E-state index contributed by atoms with van der Waals surface area (Å²) < 4.78 is 11.6. The minimum Gasteiger partial charge on any atom is -0.424 e. The third-order valence-electron chi connectivity index (χ3n) is 4.63. The molecule has 0 aliphatic carbocycles. The van der Waals surface area contributed by atoms with Crippen LogP contribution in [0, 0.1) is 0 Å². The normalized spacial score (nSPS) is 19.0. The standard InChI is InChI=1S/C17H21ClN2O2/c1-3-12(2)15-19-20-16(22-15)17(8-10-21-11-9-17)13-4-6-14(18)7-5-13/h4-7,12H,3,8-11H2,1-2H3/t12-/m0/s1. The fourth-order valence-corrected chi connectivity index (χ4v) is 3.04. The highest BCUT2D eigenvalue weighted by Crippen LogP contribution is 2.41. The Morgan fingerprint density at radius 1 is 1.18 bits per heavy atom. The lowest BCUT2D eigenvalue weighted by molar-refractivity contribution is 0.0539. The summed E-state index contributed by atoms with van der Waals surface area (Å²) in [6.07, 6.45) is 2.67. The van der Waals surface area contributed by atoms with E-state index in [-0.39, 0.29) is 11.3 Å². The van der Waals surface area contributed by atoms with E-state index in [0.717, 1.165) is 30.2 Å². The lowest BCUT2D eigenvalue weighted by Crippen LogP contribution is -2.35. The number of hydrogen-bond acceptors (Lipinski definition) is 4. The van der Waals surface area contributed by atoms with Crippen molar-refractivity contribution >= 4 is 11.6 Å². The molecule has 1 aliphatic rings. The highest BCUT2D eigenvalue weighted by atomic mass is 35.5. The van der Waals surface area contributed by atoms with Crippen LogP contribution in [0.2, 0.25) is 5.02 Å². The maximum atomic E-state index is 6.05. The van der Waals surface area contributed by atoms with Crippen LogP contribution < -0.4 is 0 Å². The summed E-state index contributed by atoms with van der Waals surface area (Å²) in [5, 5.41) is 9.37. The minimum atomic E-state index is -0.262. The SMILES string of the molecule is CC[C@H](C)c1nnc(C2(c3ccc(Cl)cc3)CCOCC2)o1. The molecule has 0 radical (unpaired) electrons. The van der Waals surface area contributed by atoms with E-state index < -0.39 is 0 Å². The van der Waals surface area contributed by atoms with Crippen LogP contribution in [-0.2, 0) is 10.2 Å². The zero-order valence-corrected chi connectivity index (χ0v) is 13.8. The molecule has 1 saturated heterocycles. The molecule has 5 heteroatoms. The van der Waals surface area contributed by atoms with Gasteiger partial charge in [0.15, 0.2) is 0 Å². The number of aromatic nitrogens is 2. The average molecular weight is 321 g/mol. The van der Waals surface area contributed by atoms with Crippen LogP contribution in [0.4, 0.5) is 0 Å². The van der Waals surface area contributed by atoms with Gasteiger partial charge in [-0.2, -0.15) is 0 Å². The maximum Gasteiger partial charge on any atom is 0.227 e. The second-order valence-corrected chi connectivity index (χ2v) is 6.39. The van der Waals surface area contributed by atoms with Crippen LogP contribution in [0.15, 0.2) is 28.7 Å². The summed E-state index contributed by atoms with van der Waals surface area (Å²) in [5.41, 5.74) is 0.904. The van der Waals surface area contributed by atoms with Crippen molar-refractivity contribution in [3.8, 4) is 0 Å². The number of halogens is 1. The van der Waals surface area contributed by atoms with Gasteiger partial charge in [-0.3, -0.25) is 0 Å². The Morgan fingerprint density at radius 3 is 2.50 bits per heavy atom. The fraction of sp³-hybridized carbons (Fsp3) is 0.529. The molecule has 22 heavy (non-hydrogen) atoms. The van der Waals surface area contributed by atoms with Crippen LogP contribution >= 0.6 is 11.6 Å². The summed E-state index contributed by atoms with van der Waals surface area (Å²) in [7, 11) is 0. The molecule has 1 aromatic heterocycles. The van der Waals surface area contributed by atoms with E-state index in [1.54, 1.807) is 0 Å². The third-order valence-corrected chi connectivity index (χ3v) is 4.88. The summed E-state index contributed by atoms with van der Waals surface area (Å²) in [6, 6.07) is 7.95. The number of benzene rings is 1. The first-order valence-corrected chi connectivity index (χ1v) is 8.21. The van der Waals surface area contributed by atoms with E-state index in [4.69, 9.17) is 20.8 Å². The molecular formula is C17H21ClN2O2. The van der Waals surface area contributed by atoms with Gasteiger partial charge in [0.25, 0.3) is 0 Å². The quantitative estimate of drug-likeness (QED) is 0.841. The van der Waals surface area contributed by atoms with Crippen molar-refractivity contribution in [3.63, 3.8) is 0 Å². The van der Waals surface area contributed by atoms with Crippen LogP contribution in [0.3, 0.4) is 0 Å². The Balaban J connectivity index is 2.02. The summed E-state index contributed by atoms with van der Waals surface area (Å²) in [5.74, 6) is 1.70. The molecule has 1 atom stereocenters. The van der Waals surface area contributed by atoms with E-state index in [1.165, 1.54) is 5.56 Å². The van der Waals surface area contributed by atoms with E-state index in [2.05, 4.69) is 36.2 Å². The largest absolute Gasteiger partial charge is 0.424 e. The van der Waals surface area contributed by atoms with Gasteiger partial charge in [-0.15, -0.1) is 10.2 Å². The molecule has 4 nitrogen and oxygen atoms in total. The second kappa shape index (κ2) is 6.39. The smallest absolute Gasteiger partial charge is 0.227 e. The molecule has 1 fully saturated rings. The molecule has 0 spiro atoms. The van der Waals surface area contributed by atoms with Crippen LogP contribution in [0.25, 0.3) is 0 Å². The third kappa shape index (κ3) is 2.77. The summed E-state index contributed by atoms with van der Waals surface area (Å²) >= 11 is 6.03. The maximum absolute atomic E-state index is 6.05. The number of hydrogen-bond donors (Lipinski definition) is 0. The predicted octanol–water partition coefficient (Wildman–Crippen LogP) is 4.33. The summed E-state index contributed by atoms with van der Waals surface area (Å²) in [6.45, 7) is 5.63. The molecule has 2 heterocycles. The minimum absolute atomic E-state index is 0.262. The predicted molar refractivity (Wildman–Crippen MR) is 85.3 cm³/mol. The molecule has 118 valence electrons. The number of rotatable bonds is 4. The van der Waals surface area contributed by atoms with Crippen molar-refractivity contribution in [3.05, 3.63) is 46.6 Å². The molecule has 0 bridgehead atoms. The van der Waals surface area contributed by atoms with Crippen LogP contribution in [0.1, 0.15) is 56.4 Å². The Morgan fingerprint density at radius 2 is 1.86 bits per heavy atom. The van der Waals surface area contributed by atoms with E-state index in [9.17, 15) is 0 Å². The monoisotopic (exact) mass is 320 g/mol. The molecule has 0 amide bonds. The molecule has 0 unspecified atom stereocenters. The number of nitrogens with zero attached hydrogens (tertiary/aromatic N) is 2. The topological polar surface area (TPSA) is 48.2 Å². The van der Waals surface area contributed by atoms with Gasteiger partial charge in [-0.1, -0.05) is 37.6 Å². The first-order chi connectivity index (χ1) is 10.7. The highest BCUT2D eigenvalue weighted by Gasteiger charge is 2.41. The van der Waals surface area contributed by atoms with E-state index >= 15 is 0 Å². The summed E-state index contributed by atoms with van der Waals surface area (Å²) in [4.78, 5) is 0. The van der Waals surface area contributed by atoms with Gasteiger partial charge >= 0.3 is 0 Å².